The maximum Gasteiger partial charge on any atom is 0.157 e. The van der Waals surface area contributed by atoms with Gasteiger partial charge in [-0.3, -0.25) is 0 Å². The van der Waals surface area contributed by atoms with Gasteiger partial charge in [0, 0.05) is 21.2 Å². The summed E-state index contributed by atoms with van der Waals surface area (Å²) in [6.07, 6.45) is 0. The number of benzene rings is 4. The molecular weight excluding hydrogens is 566 g/mol. The van der Waals surface area contributed by atoms with Crippen molar-refractivity contribution in [2.24, 2.45) is 0 Å². The number of alkyl halides is 2. The van der Waals surface area contributed by atoms with E-state index >= 15 is 0 Å². The van der Waals surface area contributed by atoms with Crippen LogP contribution in [0.25, 0.3) is 0 Å². The van der Waals surface area contributed by atoms with E-state index in [0.29, 0.717) is 0 Å². The van der Waals surface area contributed by atoms with Gasteiger partial charge in [-0.1, -0.05) is 153 Å². The van der Waals surface area contributed by atoms with E-state index < -0.39 is 23.4 Å². The van der Waals surface area contributed by atoms with Crippen LogP contribution >= 0.6 is 46.1 Å². The fourth-order valence-corrected chi connectivity index (χ4v) is 14.7. The Balaban J connectivity index is 1.91. The molecule has 0 heterocycles. The van der Waals surface area contributed by atoms with Gasteiger partial charge in [0.1, 0.15) is 0 Å². The molecule has 0 radical (unpaired) electrons. The third kappa shape index (κ3) is 4.27. The Morgan fingerprint density at radius 3 is 0.781 bits per heavy atom. The molecule has 0 saturated carbocycles. The van der Waals surface area contributed by atoms with E-state index in [1.165, 1.54) is 0 Å². The van der Waals surface area contributed by atoms with Crippen molar-refractivity contribution in [3.8, 4) is 0 Å². The van der Waals surface area contributed by atoms with Crippen molar-refractivity contribution in [3.63, 3.8) is 0 Å². The predicted octanol–water partition coefficient (Wildman–Crippen LogP) is 6.46. The van der Waals surface area contributed by atoms with Crippen molar-refractivity contribution in [2.75, 3.05) is 0 Å². The molecule has 2 atom stereocenters. The van der Waals surface area contributed by atoms with Crippen LogP contribution in [0.2, 0.25) is 0 Å². The van der Waals surface area contributed by atoms with Crippen LogP contribution in [0, 0.1) is 0 Å². The fourth-order valence-electron chi connectivity index (χ4n) is 3.81. The molecule has 6 heteroatoms. The van der Waals surface area contributed by atoms with Crippen LogP contribution < -0.4 is 21.2 Å². The summed E-state index contributed by atoms with van der Waals surface area (Å²) in [5.74, 6) is 0. The minimum Gasteiger partial charge on any atom is -0.312 e. The molecule has 162 valence electrons. The summed E-state index contributed by atoms with van der Waals surface area (Å²) in [6.45, 7) is 0. The molecule has 0 aliphatic carbocycles. The maximum absolute atomic E-state index is 14.9. The van der Waals surface area contributed by atoms with E-state index in [0.717, 1.165) is 21.2 Å². The summed E-state index contributed by atoms with van der Waals surface area (Å²) in [4.78, 5) is 0. The lowest BCUT2D eigenvalue weighted by molar-refractivity contribution is 0.579. The summed E-state index contributed by atoms with van der Waals surface area (Å²) >= 11 is 7.58. The summed E-state index contributed by atoms with van der Waals surface area (Å²) in [7, 11) is -6.42. The van der Waals surface area contributed by atoms with Crippen molar-refractivity contribution in [2.45, 2.75) is 9.14 Å². The first kappa shape index (κ1) is 23.5. The Hall–Kier alpha value is -1.70. The Bertz CT molecular complexity index is 1060. The maximum atomic E-state index is 14.9. The van der Waals surface area contributed by atoms with Gasteiger partial charge < -0.3 is 9.13 Å². The SMILES string of the molecule is O=P(c1ccccc1)(c1ccccc1)[C@@H](Br)[C@H](Br)P(=O)(c1ccccc1)c1ccccc1. The van der Waals surface area contributed by atoms with E-state index in [-0.39, 0.29) is 0 Å². The first-order chi connectivity index (χ1) is 15.5. The highest BCUT2D eigenvalue weighted by molar-refractivity contribution is 9.14. The number of halogens is 2. The van der Waals surface area contributed by atoms with E-state index in [2.05, 4.69) is 31.9 Å². The average molecular weight is 588 g/mol. The Labute approximate surface area is 206 Å². The normalized spacial score (nSPS) is 13.9. The minimum atomic E-state index is -3.21. The van der Waals surface area contributed by atoms with E-state index in [1.54, 1.807) is 0 Å². The van der Waals surface area contributed by atoms with Crippen LogP contribution in [-0.2, 0) is 9.13 Å². The molecule has 0 bridgehead atoms. The van der Waals surface area contributed by atoms with Gasteiger partial charge in [0.15, 0.2) is 14.3 Å². The van der Waals surface area contributed by atoms with Crippen LogP contribution in [0.3, 0.4) is 0 Å². The minimum absolute atomic E-state index is 0.606. The molecule has 32 heavy (non-hydrogen) atoms. The molecule has 0 aliphatic rings. The van der Waals surface area contributed by atoms with Gasteiger partial charge in [-0.15, -0.1) is 0 Å². The molecule has 2 nitrogen and oxygen atoms in total. The molecule has 4 rings (SSSR count). The molecule has 0 unspecified atom stereocenters. The highest BCUT2D eigenvalue weighted by Gasteiger charge is 2.47. The lowest BCUT2D eigenvalue weighted by Crippen LogP contribution is -2.33. The smallest absolute Gasteiger partial charge is 0.157 e. The molecule has 0 spiro atoms. The van der Waals surface area contributed by atoms with Gasteiger partial charge in [0.2, 0.25) is 0 Å². The number of hydrogen-bond acceptors (Lipinski definition) is 2. The topological polar surface area (TPSA) is 34.1 Å². The van der Waals surface area contributed by atoms with Crippen LogP contribution in [0.4, 0.5) is 0 Å². The largest absolute Gasteiger partial charge is 0.312 e. The first-order valence-corrected chi connectivity index (χ1v) is 15.6. The van der Waals surface area contributed by atoms with E-state index in [9.17, 15) is 9.13 Å². The van der Waals surface area contributed by atoms with Gasteiger partial charge in [0.25, 0.3) is 0 Å². The first-order valence-electron chi connectivity index (χ1n) is 10.2. The third-order valence-electron chi connectivity index (χ3n) is 5.48. The van der Waals surface area contributed by atoms with Gasteiger partial charge in [-0.25, -0.2) is 0 Å². The lowest BCUT2D eigenvalue weighted by atomic mass is 10.4. The summed E-state index contributed by atoms with van der Waals surface area (Å²) in [6, 6.07) is 37.9. The number of hydrogen-bond donors (Lipinski definition) is 0. The van der Waals surface area contributed by atoms with Gasteiger partial charge in [-0.05, 0) is 0 Å². The second-order valence-corrected chi connectivity index (χ2v) is 16.6. The molecule has 0 saturated heterocycles. The zero-order valence-corrected chi connectivity index (χ0v) is 22.1. The second kappa shape index (κ2) is 10.1. The standard InChI is InChI=1S/C26H22Br2O2P2/c27-25(31(29,21-13-5-1-6-14-21)22-15-7-2-8-16-22)26(28)32(30,23-17-9-3-10-18-23)24-19-11-4-12-20-24/h1-20,25-26H/t25-,26-/m1/s1. The highest BCUT2D eigenvalue weighted by Crippen LogP contribution is 2.63. The van der Waals surface area contributed by atoms with Crippen LogP contribution in [0.1, 0.15) is 0 Å². The number of rotatable bonds is 7. The monoisotopic (exact) mass is 586 g/mol. The summed E-state index contributed by atoms with van der Waals surface area (Å²) in [5, 5.41) is 2.91. The van der Waals surface area contributed by atoms with Gasteiger partial charge >= 0.3 is 0 Å². The highest BCUT2D eigenvalue weighted by atomic mass is 79.9. The Kier molecular flexibility index (Phi) is 7.37. The van der Waals surface area contributed by atoms with Crippen molar-refractivity contribution in [3.05, 3.63) is 121 Å². The second-order valence-electron chi connectivity index (χ2n) is 7.40. The molecule has 0 aromatic heterocycles. The quantitative estimate of drug-likeness (QED) is 0.184. The van der Waals surface area contributed by atoms with Crippen LogP contribution in [-0.4, -0.2) is 9.14 Å². The van der Waals surface area contributed by atoms with Crippen molar-refractivity contribution in [1.82, 2.24) is 0 Å². The summed E-state index contributed by atoms with van der Waals surface area (Å²) in [5.41, 5.74) is 0. The Morgan fingerprint density at radius 1 is 0.406 bits per heavy atom. The molecular formula is C26H22Br2O2P2. The zero-order chi connectivity index (χ0) is 22.6. The van der Waals surface area contributed by atoms with Crippen molar-refractivity contribution in [1.29, 1.82) is 0 Å². The zero-order valence-electron chi connectivity index (χ0n) is 17.2. The summed E-state index contributed by atoms with van der Waals surface area (Å²) < 4.78 is 28.5. The van der Waals surface area contributed by atoms with Crippen molar-refractivity contribution >= 4 is 67.4 Å². The Morgan fingerprint density at radius 2 is 0.594 bits per heavy atom. The van der Waals surface area contributed by atoms with Crippen molar-refractivity contribution < 1.29 is 9.13 Å². The predicted molar refractivity (Wildman–Crippen MR) is 145 cm³/mol. The van der Waals surface area contributed by atoms with Crippen LogP contribution in [0.5, 0.6) is 0 Å². The van der Waals surface area contributed by atoms with Gasteiger partial charge in [-0.2, -0.15) is 0 Å². The third-order valence-corrected chi connectivity index (χ3v) is 18.0. The molecule has 4 aromatic carbocycles. The van der Waals surface area contributed by atoms with E-state index in [1.807, 2.05) is 121 Å². The average Bonchev–Trinajstić information content (AvgIpc) is 2.89. The lowest BCUT2D eigenvalue weighted by Gasteiger charge is -2.33. The van der Waals surface area contributed by atoms with E-state index in [4.69, 9.17) is 0 Å². The molecule has 0 aliphatic heterocycles. The van der Waals surface area contributed by atoms with Crippen LogP contribution in [0.15, 0.2) is 121 Å². The van der Waals surface area contributed by atoms with Gasteiger partial charge in [0.05, 0.1) is 9.14 Å². The molecule has 0 fully saturated rings. The molecule has 0 amide bonds. The molecule has 0 N–H and O–H groups in total. The molecule has 4 aromatic rings. The fraction of sp³-hybridized carbons (Fsp3) is 0.0769.